The molecular formula is C15H16N2O6. The van der Waals surface area contributed by atoms with Gasteiger partial charge in [-0.1, -0.05) is 0 Å². The summed E-state index contributed by atoms with van der Waals surface area (Å²) in [7, 11) is 0. The Morgan fingerprint density at radius 3 is 2.96 bits per heavy atom. The van der Waals surface area contributed by atoms with Gasteiger partial charge in [-0.3, -0.25) is 4.79 Å². The maximum absolute atomic E-state index is 12.2. The molecule has 1 unspecified atom stereocenters. The molecule has 8 nitrogen and oxygen atoms in total. The van der Waals surface area contributed by atoms with E-state index in [1.165, 1.54) is 13.2 Å². The highest BCUT2D eigenvalue weighted by molar-refractivity contribution is 5.97. The van der Waals surface area contributed by atoms with Crippen molar-refractivity contribution in [1.82, 2.24) is 10.3 Å². The Morgan fingerprint density at radius 1 is 1.48 bits per heavy atom. The highest BCUT2D eigenvalue weighted by Gasteiger charge is 2.67. The average molecular weight is 320 g/mol. The lowest BCUT2D eigenvalue weighted by molar-refractivity contribution is -0.178. The zero-order chi connectivity index (χ0) is 16.4. The summed E-state index contributed by atoms with van der Waals surface area (Å²) < 4.78 is 10.5. The van der Waals surface area contributed by atoms with Crippen molar-refractivity contribution >= 4 is 11.9 Å². The summed E-state index contributed by atoms with van der Waals surface area (Å²) in [5.41, 5.74) is -0.957. The molecular weight excluding hydrogens is 304 g/mol. The predicted octanol–water partition coefficient (Wildman–Crippen LogP) is -0.732. The molecule has 2 fully saturated rings. The van der Waals surface area contributed by atoms with E-state index in [0.717, 1.165) is 0 Å². The number of rotatable bonds is 2. The third kappa shape index (κ3) is 1.85. The summed E-state index contributed by atoms with van der Waals surface area (Å²) in [6.07, 6.45) is 0.522. The number of carbonyl (C=O) groups excluding carboxylic acids is 2. The Morgan fingerprint density at radius 2 is 2.26 bits per heavy atom. The fraction of sp³-hybridized carbons (Fsp3) is 0.467. The van der Waals surface area contributed by atoms with Gasteiger partial charge in [0.2, 0.25) is 6.29 Å². The van der Waals surface area contributed by atoms with Crippen molar-refractivity contribution in [2.75, 3.05) is 0 Å². The first-order valence-corrected chi connectivity index (χ1v) is 7.32. The van der Waals surface area contributed by atoms with Gasteiger partial charge in [0.15, 0.2) is 6.10 Å². The first-order valence-electron chi connectivity index (χ1n) is 7.32. The van der Waals surface area contributed by atoms with Crippen molar-refractivity contribution in [1.29, 1.82) is 0 Å². The zero-order valence-electron chi connectivity index (χ0n) is 12.2. The second-order valence-corrected chi connectivity index (χ2v) is 6.29. The second kappa shape index (κ2) is 4.59. The van der Waals surface area contributed by atoms with Crippen LogP contribution in [0.1, 0.15) is 17.4 Å². The zero-order valence-corrected chi connectivity index (χ0v) is 12.2. The van der Waals surface area contributed by atoms with Crippen LogP contribution in [0.15, 0.2) is 30.2 Å². The van der Waals surface area contributed by atoms with E-state index < -0.39 is 41.8 Å². The molecule has 23 heavy (non-hydrogen) atoms. The van der Waals surface area contributed by atoms with Crippen molar-refractivity contribution in [3.05, 3.63) is 35.9 Å². The number of aliphatic hydroxyl groups is 2. The molecule has 4 rings (SSSR count). The molecule has 1 aliphatic carbocycles. The van der Waals surface area contributed by atoms with Crippen LogP contribution >= 0.6 is 0 Å². The van der Waals surface area contributed by atoms with E-state index in [1.807, 2.05) is 0 Å². The molecule has 6 atom stereocenters. The second-order valence-electron chi connectivity index (χ2n) is 6.29. The van der Waals surface area contributed by atoms with Gasteiger partial charge in [0.25, 0.3) is 5.91 Å². The minimum atomic E-state index is -1.55. The Bertz CT molecular complexity index is 695. The van der Waals surface area contributed by atoms with Gasteiger partial charge < -0.3 is 30.0 Å². The normalized spacial score (nSPS) is 40.9. The largest absolute Gasteiger partial charge is 0.472 e. The van der Waals surface area contributed by atoms with Crippen molar-refractivity contribution in [2.45, 2.75) is 31.0 Å². The fourth-order valence-electron chi connectivity index (χ4n) is 3.92. The van der Waals surface area contributed by atoms with Crippen molar-refractivity contribution in [2.24, 2.45) is 11.8 Å². The van der Waals surface area contributed by atoms with E-state index >= 15 is 0 Å². The van der Waals surface area contributed by atoms with E-state index in [0.29, 0.717) is 5.57 Å². The Kier molecular flexibility index (Phi) is 2.85. The van der Waals surface area contributed by atoms with E-state index in [1.54, 1.807) is 18.3 Å². The number of aromatic amines is 1. The number of esters is 1. The number of aliphatic hydroxyl groups excluding tert-OH is 1. The smallest absolute Gasteiger partial charge is 0.355 e. The van der Waals surface area contributed by atoms with Crippen LogP contribution in [0.5, 0.6) is 0 Å². The molecule has 4 N–H and O–H groups in total. The van der Waals surface area contributed by atoms with Crippen LogP contribution < -0.4 is 5.32 Å². The minimum Gasteiger partial charge on any atom is -0.472 e. The number of hydrogen-bond donors (Lipinski definition) is 4. The summed E-state index contributed by atoms with van der Waals surface area (Å²) in [5, 5.41) is 23.7. The number of hydrogen-bond acceptors (Lipinski definition) is 6. The number of nitrogens with one attached hydrogen (secondary N) is 2. The average Bonchev–Trinajstić information content (AvgIpc) is 3.16. The number of amides is 1. The molecule has 0 aromatic carbocycles. The summed E-state index contributed by atoms with van der Waals surface area (Å²) in [6.45, 7) is 1.48. The third-order valence-electron chi connectivity index (χ3n) is 4.96. The van der Waals surface area contributed by atoms with E-state index in [9.17, 15) is 19.8 Å². The molecule has 3 aliphatic rings. The number of ether oxygens (including phenoxy) is 2. The SMILES string of the molecule is C[C@]1(O)[C@@H](OC(=O)c2ccc[nH]2)[C@H]2NC(=O)C3=COC(O)[C@H]1[C@@H]32. The van der Waals surface area contributed by atoms with Crippen LogP contribution in [0.4, 0.5) is 0 Å². The summed E-state index contributed by atoms with van der Waals surface area (Å²) >= 11 is 0. The van der Waals surface area contributed by atoms with Gasteiger partial charge in [0.05, 0.1) is 23.8 Å². The standard InChI is InChI=1S/C15H16N2O6/c1-15(21)9-8-6(5-22-14(9)20)12(18)17-10(8)11(15)23-13(19)7-3-2-4-16-7/h2-5,8-11,14,16,20-21H,1H3,(H,17,18)/t8-,9-,10+,11+,14?,15-/m1/s1. The Labute approximate surface area is 131 Å². The van der Waals surface area contributed by atoms with E-state index in [-0.39, 0.29) is 11.6 Å². The monoisotopic (exact) mass is 320 g/mol. The molecule has 1 aromatic rings. The summed E-state index contributed by atoms with van der Waals surface area (Å²) in [5.74, 6) is -2.22. The van der Waals surface area contributed by atoms with Gasteiger partial charge in [-0.15, -0.1) is 0 Å². The number of carbonyl (C=O) groups is 2. The highest BCUT2D eigenvalue weighted by Crippen LogP contribution is 2.52. The Balaban J connectivity index is 1.69. The molecule has 1 amide bonds. The van der Waals surface area contributed by atoms with Gasteiger partial charge in [0.1, 0.15) is 11.3 Å². The number of aromatic nitrogens is 1. The van der Waals surface area contributed by atoms with Crippen molar-refractivity contribution in [3.63, 3.8) is 0 Å². The van der Waals surface area contributed by atoms with E-state index in [2.05, 4.69) is 10.3 Å². The lowest BCUT2D eigenvalue weighted by atomic mass is 9.81. The van der Waals surface area contributed by atoms with Crippen LogP contribution in [0.25, 0.3) is 0 Å². The molecule has 3 heterocycles. The molecule has 0 radical (unpaired) electrons. The third-order valence-corrected chi connectivity index (χ3v) is 4.96. The lowest BCUT2D eigenvalue weighted by Gasteiger charge is -2.36. The first-order chi connectivity index (χ1) is 10.9. The van der Waals surface area contributed by atoms with Gasteiger partial charge in [0, 0.05) is 12.1 Å². The molecule has 0 spiro atoms. The molecule has 1 saturated carbocycles. The number of H-pyrrole nitrogens is 1. The molecule has 122 valence electrons. The van der Waals surface area contributed by atoms with Crippen LogP contribution in [0, 0.1) is 11.8 Å². The Hall–Kier alpha value is -2.32. The van der Waals surface area contributed by atoms with Crippen LogP contribution in [0.2, 0.25) is 0 Å². The lowest BCUT2D eigenvalue weighted by Crippen LogP contribution is -2.52. The van der Waals surface area contributed by atoms with Gasteiger partial charge in [-0.2, -0.15) is 0 Å². The van der Waals surface area contributed by atoms with Crippen molar-refractivity contribution in [3.8, 4) is 0 Å². The van der Waals surface area contributed by atoms with Crippen molar-refractivity contribution < 1.29 is 29.3 Å². The van der Waals surface area contributed by atoms with Gasteiger partial charge in [-0.05, 0) is 19.1 Å². The predicted molar refractivity (Wildman–Crippen MR) is 74.7 cm³/mol. The summed E-state index contributed by atoms with van der Waals surface area (Å²) in [6, 6.07) is 2.60. The maximum Gasteiger partial charge on any atom is 0.355 e. The van der Waals surface area contributed by atoms with Gasteiger partial charge in [-0.25, -0.2) is 4.79 Å². The fourth-order valence-corrected chi connectivity index (χ4v) is 3.92. The van der Waals surface area contributed by atoms with Gasteiger partial charge >= 0.3 is 5.97 Å². The van der Waals surface area contributed by atoms with Crippen LogP contribution in [-0.2, 0) is 14.3 Å². The first kappa shape index (κ1) is 14.3. The molecule has 0 bridgehead atoms. The van der Waals surface area contributed by atoms with Crippen LogP contribution in [0.3, 0.4) is 0 Å². The van der Waals surface area contributed by atoms with Crippen LogP contribution in [-0.4, -0.2) is 51.1 Å². The molecule has 8 heteroatoms. The molecule has 1 saturated heterocycles. The highest BCUT2D eigenvalue weighted by atomic mass is 16.6. The maximum atomic E-state index is 12.2. The molecule has 1 aromatic heterocycles. The minimum absolute atomic E-state index is 0.243. The summed E-state index contributed by atoms with van der Waals surface area (Å²) in [4.78, 5) is 26.9. The topological polar surface area (TPSA) is 121 Å². The molecule has 2 aliphatic heterocycles. The quantitative estimate of drug-likeness (QED) is 0.533. The van der Waals surface area contributed by atoms with E-state index in [4.69, 9.17) is 9.47 Å².